The zero-order valence-corrected chi connectivity index (χ0v) is 12.8. The number of hydrogen-bond donors (Lipinski definition) is 0. The Morgan fingerprint density at radius 1 is 0.875 bits per heavy atom. The predicted molar refractivity (Wildman–Crippen MR) is 87.3 cm³/mol. The molecule has 0 bridgehead atoms. The summed E-state index contributed by atoms with van der Waals surface area (Å²) in [6.07, 6.45) is 5.29. The van der Waals surface area contributed by atoms with Crippen LogP contribution in [-0.4, -0.2) is 38.0 Å². The van der Waals surface area contributed by atoms with Crippen LogP contribution in [0.2, 0.25) is 0 Å². The summed E-state index contributed by atoms with van der Waals surface area (Å²) in [4.78, 5) is 30.0. The molecule has 3 heterocycles. The molecule has 4 rings (SSSR count). The van der Waals surface area contributed by atoms with Crippen LogP contribution in [0.4, 0.5) is 0 Å². The van der Waals surface area contributed by atoms with Crippen molar-refractivity contribution < 1.29 is 9.59 Å². The average molecular weight is 318 g/mol. The van der Waals surface area contributed by atoms with E-state index in [1.54, 1.807) is 41.3 Å². The molecule has 3 aromatic rings. The van der Waals surface area contributed by atoms with Crippen molar-refractivity contribution in [1.29, 1.82) is 0 Å². The Morgan fingerprint density at radius 3 is 2.29 bits per heavy atom. The van der Waals surface area contributed by atoms with E-state index >= 15 is 0 Å². The minimum atomic E-state index is -0.241. The molecular weight excluding hydrogens is 304 g/mol. The maximum atomic E-state index is 12.3. The van der Waals surface area contributed by atoms with Crippen LogP contribution in [0.15, 0.2) is 61.1 Å². The van der Waals surface area contributed by atoms with Gasteiger partial charge < -0.3 is 0 Å². The number of aromatic nitrogens is 3. The van der Waals surface area contributed by atoms with Crippen LogP contribution in [0.1, 0.15) is 20.7 Å². The highest BCUT2D eigenvalue weighted by atomic mass is 16.2. The number of carbonyl (C=O) groups excluding carboxylic acids is 2. The SMILES string of the molecule is O=C1c2ccccc2C(=O)N1CCn1ccc(-c2cccnc2)n1. The van der Waals surface area contributed by atoms with Crippen molar-refractivity contribution >= 4 is 11.8 Å². The van der Waals surface area contributed by atoms with Crippen LogP contribution >= 0.6 is 0 Å². The van der Waals surface area contributed by atoms with Crippen molar-refractivity contribution in [2.75, 3.05) is 6.54 Å². The first-order valence-corrected chi connectivity index (χ1v) is 7.63. The van der Waals surface area contributed by atoms with Crippen molar-refractivity contribution in [3.05, 3.63) is 72.2 Å². The van der Waals surface area contributed by atoms with Gasteiger partial charge in [-0.1, -0.05) is 12.1 Å². The molecule has 0 fully saturated rings. The molecule has 2 aromatic heterocycles. The van der Waals surface area contributed by atoms with E-state index < -0.39 is 0 Å². The van der Waals surface area contributed by atoms with Gasteiger partial charge in [-0.2, -0.15) is 5.10 Å². The van der Waals surface area contributed by atoms with Gasteiger partial charge in [-0.15, -0.1) is 0 Å². The molecule has 0 radical (unpaired) electrons. The number of fused-ring (bicyclic) bond motifs is 1. The summed E-state index contributed by atoms with van der Waals surface area (Å²) in [5.41, 5.74) is 2.68. The Hall–Kier alpha value is -3.28. The summed E-state index contributed by atoms with van der Waals surface area (Å²) in [7, 11) is 0. The van der Waals surface area contributed by atoms with E-state index in [0.717, 1.165) is 11.3 Å². The number of nitrogens with zero attached hydrogens (tertiary/aromatic N) is 4. The number of hydrogen-bond acceptors (Lipinski definition) is 4. The van der Waals surface area contributed by atoms with Crippen LogP contribution in [0.3, 0.4) is 0 Å². The quantitative estimate of drug-likeness (QED) is 0.692. The fourth-order valence-electron chi connectivity index (χ4n) is 2.80. The first-order chi connectivity index (χ1) is 11.7. The summed E-state index contributed by atoms with van der Waals surface area (Å²) < 4.78 is 1.73. The molecule has 1 aromatic carbocycles. The predicted octanol–water partition coefficient (Wildman–Crippen LogP) is 2.24. The monoisotopic (exact) mass is 318 g/mol. The van der Waals surface area contributed by atoms with Gasteiger partial charge in [0.25, 0.3) is 11.8 Å². The summed E-state index contributed by atoms with van der Waals surface area (Å²) in [5, 5.41) is 4.47. The zero-order chi connectivity index (χ0) is 16.5. The number of imide groups is 1. The van der Waals surface area contributed by atoms with Crippen molar-refractivity contribution in [1.82, 2.24) is 19.7 Å². The van der Waals surface area contributed by atoms with E-state index in [9.17, 15) is 9.59 Å². The van der Waals surface area contributed by atoms with Crippen molar-refractivity contribution in [2.45, 2.75) is 6.54 Å². The molecule has 24 heavy (non-hydrogen) atoms. The lowest BCUT2D eigenvalue weighted by Gasteiger charge is -2.13. The summed E-state index contributed by atoms with van der Waals surface area (Å²) in [5.74, 6) is -0.481. The van der Waals surface area contributed by atoms with Crippen LogP contribution in [0, 0.1) is 0 Å². The number of rotatable bonds is 4. The van der Waals surface area contributed by atoms with Gasteiger partial charge in [0.2, 0.25) is 0 Å². The van der Waals surface area contributed by atoms with E-state index in [4.69, 9.17) is 0 Å². The third-order valence-corrected chi connectivity index (χ3v) is 4.03. The topological polar surface area (TPSA) is 68.1 Å². The second-order valence-electron chi connectivity index (χ2n) is 5.51. The first-order valence-electron chi connectivity index (χ1n) is 7.63. The highest BCUT2D eigenvalue weighted by Crippen LogP contribution is 2.22. The molecule has 118 valence electrons. The average Bonchev–Trinajstić information content (AvgIpc) is 3.19. The van der Waals surface area contributed by atoms with Crippen LogP contribution in [0.25, 0.3) is 11.3 Å². The van der Waals surface area contributed by atoms with E-state index in [2.05, 4.69) is 10.1 Å². The molecule has 0 saturated carbocycles. The molecule has 0 atom stereocenters. The first kappa shape index (κ1) is 14.3. The summed E-state index contributed by atoms with van der Waals surface area (Å²) in [6.45, 7) is 0.742. The molecule has 6 heteroatoms. The molecule has 0 saturated heterocycles. The van der Waals surface area contributed by atoms with Gasteiger partial charge in [0.1, 0.15) is 0 Å². The third kappa shape index (κ3) is 2.38. The van der Waals surface area contributed by atoms with Crippen LogP contribution < -0.4 is 0 Å². The molecule has 0 spiro atoms. The van der Waals surface area contributed by atoms with Crippen LogP contribution in [0.5, 0.6) is 0 Å². The zero-order valence-electron chi connectivity index (χ0n) is 12.8. The lowest BCUT2D eigenvalue weighted by atomic mass is 10.1. The van der Waals surface area contributed by atoms with Gasteiger partial charge in [-0.25, -0.2) is 0 Å². The van der Waals surface area contributed by atoms with Gasteiger partial charge in [0.05, 0.1) is 23.4 Å². The van der Waals surface area contributed by atoms with E-state index in [-0.39, 0.29) is 11.8 Å². The van der Waals surface area contributed by atoms with E-state index in [0.29, 0.717) is 24.2 Å². The van der Waals surface area contributed by atoms with Crippen molar-refractivity contribution in [3.63, 3.8) is 0 Å². The Bertz CT molecular complexity index is 883. The molecule has 0 unspecified atom stereocenters. The standard InChI is InChI=1S/C18H14N4O2/c23-17-14-5-1-2-6-15(14)18(24)22(17)11-10-21-9-7-16(20-21)13-4-3-8-19-12-13/h1-9,12H,10-11H2. The van der Waals surface area contributed by atoms with Gasteiger partial charge in [-0.05, 0) is 30.3 Å². The number of benzene rings is 1. The summed E-state index contributed by atoms with van der Waals surface area (Å²) in [6, 6.07) is 12.6. The van der Waals surface area contributed by atoms with E-state index in [1.807, 2.05) is 24.4 Å². The Labute approximate surface area is 138 Å². The second kappa shape index (κ2) is 5.73. The van der Waals surface area contributed by atoms with Crippen LogP contribution in [-0.2, 0) is 6.54 Å². The molecule has 1 aliphatic rings. The summed E-state index contributed by atoms with van der Waals surface area (Å²) >= 11 is 0. The van der Waals surface area contributed by atoms with E-state index in [1.165, 1.54) is 4.90 Å². The molecule has 0 aliphatic carbocycles. The Morgan fingerprint density at radius 2 is 1.62 bits per heavy atom. The van der Waals surface area contributed by atoms with Crippen molar-refractivity contribution in [3.8, 4) is 11.3 Å². The number of pyridine rings is 1. The minimum Gasteiger partial charge on any atom is -0.272 e. The maximum Gasteiger partial charge on any atom is 0.261 e. The molecule has 2 amide bonds. The van der Waals surface area contributed by atoms with Gasteiger partial charge >= 0.3 is 0 Å². The maximum absolute atomic E-state index is 12.3. The molecular formula is C18H14N4O2. The highest BCUT2D eigenvalue weighted by Gasteiger charge is 2.34. The Kier molecular flexibility index (Phi) is 3.42. The third-order valence-electron chi connectivity index (χ3n) is 4.03. The van der Waals surface area contributed by atoms with Crippen molar-refractivity contribution in [2.24, 2.45) is 0 Å². The Balaban J connectivity index is 1.48. The molecule has 0 N–H and O–H groups in total. The fourth-order valence-corrected chi connectivity index (χ4v) is 2.80. The van der Waals surface area contributed by atoms with Gasteiger partial charge in [0.15, 0.2) is 0 Å². The smallest absolute Gasteiger partial charge is 0.261 e. The van der Waals surface area contributed by atoms with Gasteiger partial charge in [0, 0.05) is 30.7 Å². The number of amides is 2. The molecule has 6 nitrogen and oxygen atoms in total. The fraction of sp³-hybridized carbons (Fsp3) is 0.111. The largest absolute Gasteiger partial charge is 0.272 e. The number of carbonyl (C=O) groups is 2. The minimum absolute atomic E-state index is 0.241. The van der Waals surface area contributed by atoms with Gasteiger partial charge in [-0.3, -0.25) is 24.2 Å². The second-order valence-corrected chi connectivity index (χ2v) is 5.51. The highest BCUT2D eigenvalue weighted by molar-refractivity contribution is 6.21. The molecule has 1 aliphatic heterocycles. The lowest BCUT2D eigenvalue weighted by molar-refractivity contribution is 0.0647. The normalized spacial score (nSPS) is 13.4. The lowest BCUT2D eigenvalue weighted by Crippen LogP contribution is -2.33.